The predicted molar refractivity (Wildman–Crippen MR) is 95.0 cm³/mol. The summed E-state index contributed by atoms with van der Waals surface area (Å²) in [6.45, 7) is 1.01. The van der Waals surface area contributed by atoms with Gasteiger partial charge in [-0.25, -0.2) is 4.39 Å². The lowest BCUT2D eigenvalue weighted by Gasteiger charge is -2.31. The number of amides is 1. The number of aromatic amines is 1. The van der Waals surface area contributed by atoms with E-state index in [9.17, 15) is 19.3 Å². The highest BCUT2D eigenvalue weighted by Gasteiger charge is 2.29. The predicted octanol–water partition coefficient (Wildman–Crippen LogP) is 3.13. The SMILES string of the molecule is O=C(c1ccc(F)cc1)N1CCCC(c2noc(-c3cc([N+](=O)[O-])c[nH]3)n2)C1. The Kier molecular flexibility index (Phi) is 4.60. The molecular formula is C18H16FN5O4. The normalized spacial score (nSPS) is 16.9. The summed E-state index contributed by atoms with van der Waals surface area (Å²) in [6.07, 6.45) is 2.81. The molecule has 1 aliphatic heterocycles. The Morgan fingerprint density at radius 2 is 2.14 bits per heavy atom. The number of piperidine rings is 1. The minimum Gasteiger partial charge on any atom is -0.351 e. The number of nitrogens with one attached hydrogen (secondary N) is 1. The van der Waals surface area contributed by atoms with E-state index in [-0.39, 0.29) is 23.4 Å². The number of nitro groups is 1. The van der Waals surface area contributed by atoms with Crippen LogP contribution in [0.3, 0.4) is 0 Å². The third kappa shape index (κ3) is 3.48. The van der Waals surface area contributed by atoms with Gasteiger partial charge in [0, 0.05) is 30.6 Å². The molecule has 1 saturated heterocycles. The maximum absolute atomic E-state index is 13.1. The lowest BCUT2D eigenvalue weighted by atomic mass is 9.96. The molecule has 2 aromatic heterocycles. The van der Waals surface area contributed by atoms with E-state index in [0.717, 1.165) is 12.8 Å². The Bertz CT molecular complexity index is 1010. The van der Waals surface area contributed by atoms with Gasteiger partial charge in [-0.15, -0.1) is 0 Å². The number of nitrogens with zero attached hydrogens (tertiary/aromatic N) is 4. The summed E-state index contributed by atoms with van der Waals surface area (Å²) in [6, 6.07) is 6.77. The maximum Gasteiger partial charge on any atom is 0.287 e. The van der Waals surface area contributed by atoms with Gasteiger partial charge in [-0.3, -0.25) is 14.9 Å². The number of carbonyl (C=O) groups is 1. The maximum atomic E-state index is 13.1. The summed E-state index contributed by atoms with van der Waals surface area (Å²) in [5.41, 5.74) is 0.693. The van der Waals surface area contributed by atoms with Crippen LogP contribution in [-0.4, -0.2) is 43.9 Å². The van der Waals surface area contributed by atoms with E-state index in [4.69, 9.17) is 4.52 Å². The van der Waals surface area contributed by atoms with E-state index in [0.29, 0.717) is 30.2 Å². The number of H-pyrrole nitrogens is 1. The fourth-order valence-electron chi connectivity index (χ4n) is 3.27. The Labute approximate surface area is 158 Å². The minimum absolute atomic E-state index is 0.0940. The van der Waals surface area contributed by atoms with Crippen LogP contribution >= 0.6 is 0 Å². The summed E-state index contributed by atoms with van der Waals surface area (Å²) in [7, 11) is 0. The van der Waals surface area contributed by atoms with Crippen molar-refractivity contribution in [1.29, 1.82) is 0 Å². The lowest BCUT2D eigenvalue weighted by molar-refractivity contribution is -0.384. The number of likely N-dealkylation sites (tertiary alicyclic amines) is 1. The molecule has 0 saturated carbocycles. The molecular weight excluding hydrogens is 369 g/mol. The second kappa shape index (κ2) is 7.22. The van der Waals surface area contributed by atoms with Crippen LogP contribution in [0.15, 0.2) is 41.1 Å². The van der Waals surface area contributed by atoms with Crippen LogP contribution < -0.4 is 0 Å². The second-order valence-electron chi connectivity index (χ2n) is 6.58. The topological polar surface area (TPSA) is 118 Å². The van der Waals surface area contributed by atoms with Crippen molar-refractivity contribution in [3.8, 4) is 11.6 Å². The van der Waals surface area contributed by atoms with Gasteiger partial charge in [0.2, 0.25) is 0 Å². The van der Waals surface area contributed by atoms with Crippen LogP contribution in [0.1, 0.15) is 34.9 Å². The highest BCUT2D eigenvalue weighted by Crippen LogP contribution is 2.28. The van der Waals surface area contributed by atoms with Crippen molar-refractivity contribution in [2.24, 2.45) is 0 Å². The van der Waals surface area contributed by atoms with E-state index in [1.165, 1.54) is 36.5 Å². The molecule has 0 bridgehead atoms. The van der Waals surface area contributed by atoms with Gasteiger partial charge >= 0.3 is 0 Å². The second-order valence-corrected chi connectivity index (χ2v) is 6.58. The molecule has 3 aromatic rings. The Hall–Kier alpha value is -3.56. The fourth-order valence-corrected chi connectivity index (χ4v) is 3.27. The standard InChI is InChI=1S/C18H16FN5O4/c19-13-5-3-11(4-6-13)18(25)23-7-1-2-12(10-23)16-21-17(28-22-16)15-8-14(9-20-15)24(26)27/h3-6,8-9,12,20H,1-2,7,10H2. The van der Waals surface area contributed by atoms with Crippen molar-refractivity contribution >= 4 is 11.6 Å². The van der Waals surface area contributed by atoms with Crippen molar-refractivity contribution in [1.82, 2.24) is 20.0 Å². The van der Waals surface area contributed by atoms with Crippen LogP contribution in [0, 0.1) is 15.9 Å². The van der Waals surface area contributed by atoms with E-state index in [2.05, 4.69) is 15.1 Å². The van der Waals surface area contributed by atoms with Crippen LogP contribution in [-0.2, 0) is 0 Å². The smallest absolute Gasteiger partial charge is 0.287 e. The molecule has 1 aliphatic rings. The number of aromatic nitrogens is 3. The van der Waals surface area contributed by atoms with Crippen molar-refractivity contribution in [3.05, 3.63) is 63.8 Å². The highest BCUT2D eigenvalue weighted by molar-refractivity contribution is 5.94. The quantitative estimate of drug-likeness (QED) is 0.544. The van der Waals surface area contributed by atoms with Gasteiger partial charge < -0.3 is 14.4 Å². The molecule has 0 aliphatic carbocycles. The van der Waals surface area contributed by atoms with Crippen molar-refractivity contribution in [3.63, 3.8) is 0 Å². The first-order valence-electron chi connectivity index (χ1n) is 8.73. The zero-order chi connectivity index (χ0) is 19.7. The minimum atomic E-state index is -0.517. The van der Waals surface area contributed by atoms with Crippen molar-refractivity contribution < 1.29 is 18.6 Å². The summed E-state index contributed by atoms with van der Waals surface area (Å²) < 4.78 is 18.3. The van der Waals surface area contributed by atoms with E-state index in [1.807, 2.05) is 0 Å². The summed E-state index contributed by atoms with van der Waals surface area (Å²) in [4.78, 5) is 31.7. The Morgan fingerprint density at radius 3 is 2.86 bits per heavy atom. The molecule has 28 heavy (non-hydrogen) atoms. The molecule has 1 N–H and O–H groups in total. The molecule has 1 atom stereocenters. The molecule has 1 fully saturated rings. The first-order valence-corrected chi connectivity index (χ1v) is 8.73. The van der Waals surface area contributed by atoms with Crippen molar-refractivity contribution in [2.75, 3.05) is 13.1 Å². The van der Waals surface area contributed by atoms with Gasteiger partial charge in [0.25, 0.3) is 17.5 Å². The van der Waals surface area contributed by atoms with Gasteiger partial charge in [-0.05, 0) is 37.1 Å². The number of hydrogen-bond acceptors (Lipinski definition) is 6. The third-order valence-electron chi connectivity index (χ3n) is 4.72. The number of benzene rings is 1. The molecule has 10 heteroatoms. The van der Waals surface area contributed by atoms with Crippen molar-refractivity contribution in [2.45, 2.75) is 18.8 Å². The first kappa shape index (κ1) is 17.8. The van der Waals surface area contributed by atoms with Gasteiger partial charge in [0.1, 0.15) is 11.5 Å². The van der Waals surface area contributed by atoms with Gasteiger partial charge in [-0.2, -0.15) is 4.98 Å². The number of hydrogen-bond donors (Lipinski definition) is 1. The molecule has 1 unspecified atom stereocenters. The molecule has 144 valence electrons. The lowest BCUT2D eigenvalue weighted by Crippen LogP contribution is -2.39. The summed E-state index contributed by atoms with van der Waals surface area (Å²) in [5.74, 6) is -0.0695. The largest absolute Gasteiger partial charge is 0.351 e. The van der Waals surface area contributed by atoms with Crippen LogP contribution in [0.4, 0.5) is 10.1 Å². The van der Waals surface area contributed by atoms with E-state index < -0.39 is 10.7 Å². The molecule has 0 spiro atoms. The van der Waals surface area contributed by atoms with Gasteiger partial charge in [0.15, 0.2) is 5.82 Å². The van der Waals surface area contributed by atoms with Gasteiger partial charge in [-0.1, -0.05) is 5.16 Å². The van der Waals surface area contributed by atoms with Gasteiger partial charge in [0.05, 0.1) is 11.1 Å². The summed E-state index contributed by atoms with van der Waals surface area (Å²) >= 11 is 0. The Balaban J connectivity index is 1.49. The third-order valence-corrected chi connectivity index (χ3v) is 4.72. The number of carbonyl (C=O) groups excluding carboxylic acids is 1. The number of halogens is 1. The van der Waals surface area contributed by atoms with Crippen LogP contribution in [0.2, 0.25) is 0 Å². The van der Waals surface area contributed by atoms with E-state index >= 15 is 0 Å². The molecule has 9 nitrogen and oxygen atoms in total. The van der Waals surface area contributed by atoms with Crippen LogP contribution in [0.5, 0.6) is 0 Å². The molecule has 1 aromatic carbocycles. The molecule has 1 amide bonds. The molecule has 4 rings (SSSR count). The average Bonchev–Trinajstić information content (AvgIpc) is 3.38. The summed E-state index contributed by atoms with van der Waals surface area (Å²) in [5, 5.41) is 14.8. The van der Waals surface area contributed by atoms with E-state index in [1.54, 1.807) is 4.90 Å². The number of rotatable bonds is 4. The van der Waals surface area contributed by atoms with Crippen LogP contribution in [0.25, 0.3) is 11.6 Å². The molecule has 3 heterocycles. The molecule has 0 radical (unpaired) electrons. The zero-order valence-electron chi connectivity index (χ0n) is 14.7. The zero-order valence-corrected chi connectivity index (χ0v) is 14.7. The monoisotopic (exact) mass is 385 g/mol. The highest BCUT2D eigenvalue weighted by atomic mass is 19.1. The Morgan fingerprint density at radius 1 is 1.36 bits per heavy atom. The first-order chi connectivity index (χ1) is 13.5. The average molecular weight is 385 g/mol. The fraction of sp³-hybridized carbons (Fsp3) is 0.278.